The third-order valence-electron chi connectivity index (χ3n) is 3.97. The summed E-state index contributed by atoms with van der Waals surface area (Å²) >= 11 is 0. The Kier molecular flexibility index (Phi) is 4.21. The largest absolute Gasteiger partial charge is 0.365 e. The molecule has 1 amide bonds. The predicted octanol–water partition coefficient (Wildman–Crippen LogP) is 2.47. The third-order valence-corrected chi connectivity index (χ3v) is 3.97. The van der Waals surface area contributed by atoms with Gasteiger partial charge < -0.3 is 5.11 Å². The fourth-order valence-corrected chi connectivity index (χ4v) is 2.83. The zero-order valence-corrected chi connectivity index (χ0v) is 13.0. The monoisotopic (exact) mass is 309 g/mol. The van der Waals surface area contributed by atoms with Gasteiger partial charge in [0, 0.05) is 36.5 Å². The molecule has 5 nitrogen and oxygen atoms in total. The SMILES string of the molecule is CC1=NN(C(=O)CCc2ccccc2)[C@](O)(c2ccncc2)C1. The van der Waals surface area contributed by atoms with Gasteiger partial charge in [-0.2, -0.15) is 10.1 Å². The van der Waals surface area contributed by atoms with Crippen LogP contribution in [0, 0.1) is 0 Å². The zero-order valence-electron chi connectivity index (χ0n) is 13.0. The molecular formula is C18H19N3O2. The molecule has 0 saturated carbocycles. The quantitative estimate of drug-likeness (QED) is 0.943. The number of carbonyl (C=O) groups excluding carboxylic acids is 1. The van der Waals surface area contributed by atoms with E-state index in [4.69, 9.17) is 0 Å². The van der Waals surface area contributed by atoms with Gasteiger partial charge in [-0.1, -0.05) is 30.3 Å². The van der Waals surface area contributed by atoms with E-state index in [-0.39, 0.29) is 5.91 Å². The van der Waals surface area contributed by atoms with Gasteiger partial charge >= 0.3 is 0 Å². The van der Waals surface area contributed by atoms with Crippen molar-refractivity contribution in [3.8, 4) is 0 Å². The number of hydrazone groups is 1. The smallest absolute Gasteiger partial charge is 0.245 e. The molecule has 2 aromatic rings. The second kappa shape index (κ2) is 6.30. The fraction of sp³-hybridized carbons (Fsp3) is 0.278. The van der Waals surface area contributed by atoms with Gasteiger partial charge in [-0.05, 0) is 31.0 Å². The molecule has 1 N–H and O–H groups in total. The first kappa shape index (κ1) is 15.4. The molecule has 23 heavy (non-hydrogen) atoms. The van der Waals surface area contributed by atoms with E-state index < -0.39 is 5.72 Å². The molecule has 0 aliphatic carbocycles. The van der Waals surface area contributed by atoms with E-state index in [0.717, 1.165) is 11.3 Å². The van der Waals surface area contributed by atoms with Crippen molar-refractivity contribution in [1.82, 2.24) is 9.99 Å². The minimum atomic E-state index is -1.42. The van der Waals surface area contributed by atoms with Crippen LogP contribution in [0.3, 0.4) is 0 Å². The van der Waals surface area contributed by atoms with E-state index in [1.165, 1.54) is 5.01 Å². The lowest BCUT2D eigenvalue weighted by atomic mass is 9.98. The minimum absolute atomic E-state index is 0.190. The minimum Gasteiger partial charge on any atom is -0.365 e. The Labute approximate surface area is 135 Å². The number of rotatable bonds is 4. The number of aliphatic hydroxyl groups is 1. The van der Waals surface area contributed by atoms with Crippen molar-refractivity contribution in [2.45, 2.75) is 31.9 Å². The van der Waals surface area contributed by atoms with Gasteiger partial charge in [0.2, 0.25) is 5.91 Å². The van der Waals surface area contributed by atoms with Crippen molar-refractivity contribution >= 4 is 11.6 Å². The molecule has 2 heterocycles. The van der Waals surface area contributed by atoms with Crippen LogP contribution in [0.2, 0.25) is 0 Å². The first-order valence-electron chi connectivity index (χ1n) is 7.63. The number of pyridine rings is 1. The summed E-state index contributed by atoms with van der Waals surface area (Å²) in [6.45, 7) is 1.82. The molecule has 0 saturated heterocycles. The third kappa shape index (κ3) is 3.14. The molecule has 1 aromatic heterocycles. The van der Waals surface area contributed by atoms with Crippen molar-refractivity contribution in [2.24, 2.45) is 5.10 Å². The number of amides is 1. The topological polar surface area (TPSA) is 65.8 Å². The van der Waals surface area contributed by atoms with Crippen LogP contribution in [0.4, 0.5) is 0 Å². The summed E-state index contributed by atoms with van der Waals surface area (Å²) in [5, 5.41) is 16.5. The van der Waals surface area contributed by atoms with E-state index in [2.05, 4.69) is 10.1 Å². The maximum Gasteiger partial charge on any atom is 0.245 e. The van der Waals surface area contributed by atoms with Crippen LogP contribution in [0.25, 0.3) is 0 Å². The lowest BCUT2D eigenvalue weighted by Gasteiger charge is -2.31. The highest BCUT2D eigenvalue weighted by Crippen LogP contribution is 2.35. The summed E-state index contributed by atoms with van der Waals surface area (Å²) in [5.41, 5.74) is 1.03. The van der Waals surface area contributed by atoms with Crippen LogP contribution in [0.15, 0.2) is 60.0 Å². The molecule has 3 rings (SSSR count). The number of nitrogens with zero attached hydrogens (tertiary/aromatic N) is 3. The molecule has 5 heteroatoms. The summed E-state index contributed by atoms with van der Waals surface area (Å²) in [6.07, 6.45) is 4.45. The van der Waals surface area contributed by atoms with E-state index in [1.807, 2.05) is 37.3 Å². The lowest BCUT2D eigenvalue weighted by Crippen LogP contribution is -2.43. The summed E-state index contributed by atoms with van der Waals surface area (Å²) < 4.78 is 0. The van der Waals surface area contributed by atoms with Gasteiger partial charge in [0.25, 0.3) is 0 Å². The Morgan fingerprint density at radius 2 is 1.91 bits per heavy atom. The van der Waals surface area contributed by atoms with Crippen LogP contribution in [-0.4, -0.2) is 26.7 Å². The van der Waals surface area contributed by atoms with Crippen LogP contribution in [0.1, 0.15) is 30.9 Å². The Balaban J connectivity index is 1.77. The molecule has 0 fully saturated rings. The fourth-order valence-electron chi connectivity index (χ4n) is 2.83. The average molecular weight is 309 g/mol. The summed E-state index contributed by atoms with van der Waals surface area (Å²) in [6, 6.07) is 13.2. The molecule has 1 aliphatic heterocycles. The van der Waals surface area contributed by atoms with Gasteiger partial charge in [0.05, 0.1) is 0 Å². The van der Waals surface area contributed by atoms with E-state index in [9.17, 15) is 9.90 Å². The average Bonchev–Trinajstić information content (AvgIpc) is 2.90. The molecule has 118 valence electrons. The number of aryl methyl sites for hydroxylation is 1. The first-order valence-corrected chi connectivity index (χ1v) is 7.63. The number of hydrogen-bond acceptors (Lipinski definition) is 4. The molecule has 0 unspecified atom stereocenters. The van der Waals surface area contributed by atoms with Gasteiger partial charge in [0.15, 0.2) is 5.72 Å². The Morgan fingerprint density at radius 3 is 2.61 bits per heavy atom. The predicted molar refractivity (Wildman–Crippen MR) is 87.5 cm³/mol. The highest BCUT2D eigenvalue weighted by molar-refractivity contribution is 5.89. The van der Waals surface area contributed by atoms with Crippen molar-refractivity contribution < 1.29 is 9.90 Å². The van der Waals surface area contributed by atoms with Crippen molar-refractivity contribution in [3.63, 3.8) is 0 Å². The van der Waals surface area contributed by atoms with Crippen LogP contribution < -0.4 is 0 Å². The molecule has 0 bridgehead atoms. The standard InChI is InChI=1S/C18H19N3O2/c1-14-13-18(23,16-9-11-19-12-10-16)21(20-14)17(22)8-7-15-5-3-2-4-6-15/h2-6,9-12,23H,7-8,13H2,1H3/t18-/m1/s1. The van der Waals surface area contributed by atoms with Crippen molar-refractivity contribution in [2.75, 3.05) is 0 Å². The highest BCUT2D eigenvalue weighted by Gasteiger charge is 2.44. The summed E-state index contributed by atoms with van der Waals surface area (Å²) in [5.74, 6) is -0.190. The second-order valence-electron chi connectivity index (χ2n) is 5.76. The lowest BCUT2D eigenvalue weighted by molar-refractivity contribution is -0.157. The Hall–Kier alpha value is -2.53. The normalized spacial score (nSPS) is 20.4. The number of aromatic nitrogens is 1. The van der Waals surface area contributed by atoms with E-state index in [0.29, 0.717) is 24.8 Å². The van der Waals surface area contributed by atoms with Crippen LogP contribution in [-0.2, 0) is 16.9 Å². The maximum absolute atomic E-state index is 12.6. The Bertz CT molecular complexity index is 716. The Morgan fingerprint density at radius 1 is 1.22 bits per heavy atom. The van der Waals surface area contributed by atoms with Gasteiger partial charge in [0.1, 0.15) is 0 Å². The van der Waals surface area contributed by atoms with Gasteiger partial charge in [-0.15, -0.1) is 0 Å². The number of hydrogen-bond donors (Lipinski definition) is 1. The molecule has 1 aromatic carbocycles. The van der Waals surface area contributed by atoms with Gasteiger partial charge in [-0.25, -0.2) is 0 Å². The second-order valence-corrected chi connectivity index (χ2v) is 5.76. The number of benzene rings is 1. The molecule has 1 aliphatic rings. The van der Waals surface area contributed by atoms with Crippen LogP contribution in [0.5, 0.6) is 0 Å². The summed E-state index contributed by atoms with van der Waals surface area (Å²) in [7, 11) is 0. The molecular weight excluding hydrogens is 290 g/mol. The highest BCUT2D eigenvalue weighted by atomic mass is 16.3. The van der Waals surface area contributed by atoms with Crippen molar-refractivity contribution in [3.05, 3.63) is 66.0 Å². The maximum atomic E-state index is 12.6. The molecule has 1 atom stereocenters. The molecule has 0 spiro atoms. The number of carbonyl (C=O) groups is 1. The van der Waals surface area contributed by atoms with E-state index >= 15 is 0 Å². The molecule has 0 radical (unpaired) electrons. The van der Waals surface area contributed by atoms with Crippen molar-refractivity contribution in [1.29, 1.82) is 0 Å². The van der Waals surface area contributed by atoms with Crippen LogP contribution >= 0.6 is 0 Å². The zero-order chi connectivity index (χ0) is 16.3. The first-order chi connectivity index (χ1) is 11.1. The van der Waals surface area contributed by atoms with Gasteiger partial charge in [-0.3, -0.25) is 9.78 Å². The summed E-state index contributed by atoms with van der Waals surface area (Å²) in [4.78, 5) is 16.6. The van der Waals surface area contributed by atoms with E-state index in [1.54, 1.807) is 24.5 Å².